The van der Waals surface area contributed by atoms with Gasteiger partial charge in [0.1, 0.15) is 11.6 Å². The lowest BCUT2D eigenvalue weighted by molar-refractivity contribution is 0.0230. The number of aryl methyl sites for hydroxylation is 1. The van der Waals surface area contributed by atoms with E-state index in [0.29, 0.717) is 35.8 Å². The molecule has 0 spiro atoms. The molecule has 2 aliphatic carbocycles. The zero-order chi connectivity index (χ0) is 26.2. The Labute approximate surface area is 220 Å². The van der Waals surface area contributed by atoms with E-state index in [1.165, 1.54) is 6.07 Å². The van der Waals surface area contributed by atoms with Crippen LogP contribution in [-0.4, -0.2) is 19.3 Å². The minimum absolute atomic E-state index is 0.0767. The van der Waals surface area contributed by atoms with Crippen LogP contribution in [0, 0.1) is 23.4 Å². The van der Waals surface area contributed by atoms with Crippen LogP contribution in [-0.2, 0) is 11.2 Å². The fourth-order valence-corrected chi connectivity index (χ4v) is 6.26. The molecule has 0 radical (unpaired) electrons. The summed E-state index contributed by atoms with van der Waals surface area (Å²) in [5.41, 5.74) is 1.79. The van der Waals surface area contributed by atoms with Gasteiger partial charge in [0.15, 0.2) is 11.6 Å². The number of rotatable bonds is 11. The van der Waals surface area contributed by atoms with Gasteiger partial charge in [-0.05, 0) is 118 Å². The van der Waals surface area contributed by atoms with Crippen LogP contribution in [0.1, 0.15) is 113 Å². The summed E-state index contributed by atoms with van der Waals surface area (Å²) in [5.74, 6) is -0.176. The molecular formula is C32H43F3O2. The van der Waals surface area contributed by atoms with Crippen molar-refractivity contribution < 1.29 is 22.6 Å². The van der Waals surface area contributed by atoms with Crippen LogP contribution in [0.2, 0.25) is 0 Å². The van der Waals surface area contributed by atoms with E-state index in [9.17, 15) is 4.39 Å². The third kappa shape index (κ3) is 7.31. The molecule has 37 heavy (non-hydrogen) atoms. The molecule has 2 nitrogen and oxygen atoms in total. The van der Waals surface area contributed by atoms with Crippen LogP contribution < -0.4 is 4.74 Å². The van der Waals surface area contributed by atoms with Crippen LogP contribution in [0.15, 0.2) is 30.3 Å². The second kappa shape index (κ2) is 13.7. The molecule has 0 bridgehead atoms. The maximum absolute atomic E-state index is 15.1. The molecule has 0 atom stereocenters. The van der Waals surface area contributed by atoms with Crippen LogP contribution in [0.3, 0.4) is 0 Å². The highest BCUT2D eigenvalue weighted by Crippen LogP contribution is 2.40. The first kappa shape index (κ1) is 28.0. The predicted octanol–water partition coefficient (Wildman–Crippen LogP) is 9.25. The lowest BCUT2D eigenvalue weighted by Gasteiger charge is -2.30. The summed E-state index contributed by atoms with van der Waals surface area (Å²) >= 11 is 0. The normalized spacial score (nSPS) is 24.2. The molecule has 5 heteroatoms. The lowest BCUT2D eigenvalue weighted by Crippen LogP contribution is -2.22. The third-order valence-corrected chi connectivity index (χ3v) is 8.55. The number of hydrogen-bond acceptors (Lipinski definition) is 2. The monoisotopic (exact) mass is 516 g/mol. The van der Waals surface area contributed by atoms with Crippen molar-refractivity contribution in [2.24, 2.45) is 5.92 Å². The van der Waals surface area contributed by atoms with Crippen molar-refractivity contribution in [3.05, 3.63) is 64.5 Å². The lowest BCUT2D eigenvalue weighted by atomic mass is 9.76. The van der Waals surface area contributed by atoms with E-state index in [1.807, 2.05) is 25.1 Å². The van der Waals surface area contributed by atoms with Gasteiger partial charge in [-0.3, -0.25) is 0 Å². The van der Waals surface area contributed by atoms with Gasteiger partial charge in [-0.1, -0.05) is 31.5 Å². The summed E-state index contributed by atoms with van der Waals surface area (Å²) in [6.45, 7) is 5.35. The first-order valence-electron chi connectivity index (χ1n) is 14.5. The third-order valence-electron chi connectivity index (χ3n) is 8.55. The van der Waals surface area contributed by atoms with E-state index >= 15 is 8.78 Å². The highest BCUT2D eigenvalue weighted by atomic mass is 19.2. The maximum Gasteiger partial charge on any atom is 0.162 e. The Kier molecular flexibility index (Phi) is 10.4. The second-order valence-electron chi connectivity index (χ2n) is 11.0. The molecule has 0 amide bonds. The Bertz CT molecular complexity index is 992. The molecule has 0 N–H and O–H groups in total. The van der Waals surface area contributed by atoms with Crippen LogP contribution in [0.5, 0.6) is 5.75 Å². The van der Waals surface area contributed by atoms with Crippen LogP contribution >= 0.6 is 0 Å². The fourth-order valence-electron chi connectivity index (χ4n) is 6.26. The van der Waals surface area contributed by atoms with Gasteiger partial charge >= 0.3 is 0 Å². The standard InChI is InChI=1S/C32H43F3O2/c1-3-5-20-37-26-15-12-24(13-16-26)29-18-14-25(31(34)32(29)35)11-8-22-6-9-23(10-7-22)28-19-17-27(36-4-2)21-30(28)33/h14,17-19,21-24,26H,3-13,15-16,20H2,1-2H3. The first-order chi connectivity index (χ1) is 18.0. The number of unbranched alkanes of at least 4 members (excludes halogenated alkanes) is 1. The molecular weight excluding hydrogens is 473 g/mol. The largest absolute Gasteiger partial charge is 0.494 e. The van der Waals surface area contributed by atoms with E-state index in [4.69, 9.17) is 9.47 Å². The number of hydrogen-bond donors (Lipinski definition) is 0. The second-order valence-corrected chi connectivity index (χ2v) is 11.0. The van der Waals surface area contributed by atoms with E-state index < -0.39 is 11.6 Å². The molecule has 0 saturated heterocycles. The van der Waals surface area contributed by atoms with E-state index in [0.717, 1.165) is 82.8 Å². The topological polar surface area (TPSA) is 18.5 Å². The molecule has 2 aliphatic rings. The zero-order valence-electron chi connectivity index (χ0n) is 22.5. The highest BCUT2D eigenvalue weighted by Gasteiger charge is 2.28. The fraction of sp³-hybridized carbons (Fsp3) is 0.625. The summed E-state index contributed by atoms with van der Waals surface area (Å²) in [6.07, 6.45) is 11.2. The molecule has 2 aromatic rings. The smallest absolute Gasteiger partial charge is 0.162 e. The summed E-state index contributed by atoms with van der Waals surface area (Å²) in [5, 5.41) is 0. The Morgan fingerprint density at radius 2 is 1.46 bits per heavy atom. The molecule has 4 rings (SSSR count). The number of halogens is 3. The molecule has 2 saturated carbocycles. The Hall–Kier alpha value is -2.01. The quantitative estimate of drug-likeness (QED) is 0.277. The SMILES string of the molecule is CCCCOC1CCC(c2ccc(CCC3CCC(c4ccc(OCC)cc4F)CC3)c(F)c2F)CC1. The van der Waals surface area contributed by atoms with Crippen molar-refractivity contribution in [3.63, 3.8) is 0 Å². The number of benzene rings is 2. The summed E-state index contributed by atoms with van der Waals surface area (Å²) < 4.78 is 56.0. The van der Waals surface area contributed by atoms with Gasteiger partial charge in [0.2, 0.25) is 0 Å². The molecule has 0 aliphatic heterocycles. The molecule has 0 aromatic heterocycles. The zero-order valence-corrected chi connectivity index (χ0v) is 22.5. The average molecular weight is 517 g/mol. The van der Waals surface area contributed by atoms with Gasteiger partial charge in [0.25, 0.3) is 0 Å². The van der Waals surface area contributed by atoms with Crippen molar-refractivity contribution in [2.45, 2.75) is 109 Å². The van der Waals surface area contributed by atoms with Gasteiger partial charge in [-0.25, -0.2) is 13.2 Å². The van der Waals surface area contributed by atoms with Crippen molar-refractivity contribution >= 4 is 0 Å². The van der Waals surface area contributed by atoms with E-state index in [2.05, 4.69) is 6.92 Å². The van der Waals surface area contributed by atoms with Gasteiger partial charge in [0, 0.05) is 12.7 Å². The highest BCUT2D eigenvalue weighted by molar-refractivity contribution is 5.32. The molecule has 204 valence electrons. The van der Waals surface area contributed by atoms with Crippen molar-refractivity contribution in [2.75, 3.05) is 13.2 Å². The van der Waals surface area contributed by atoms with E-state index in [-0.39, 0.29) is 23.8 Å². The Morgan fingerprint density at radius 3 is 2.14 bits per heavy atom. The number of ether oxygens (including phenoxy) is 2. The summed E-state index contributed by atoms with van der Waals surface area (Å²) in [4.78, 5) is 0. The minimum Gasteiger partial charge on any atom is -0.494 e. The van der Waals surface area contributed by atoms with Crippen molar-refractivity contribution in [1.29, 1.82) is 0 Å². The molecule has 2 aromatic carbocycles. The maximum atomic E-state index is 15.1. The molecule has 0 unspecified atom stereocenters. The Balaban J connectivity index is 1.26. The average Bonchev–Trinajstić information content (AvgIpc) is 2.91. The van der Waals surface area contributed by atoms with Gasteiger partial charge in [-0.2, -0.15) is 0 Å². The minimum atomic E-state index is -0.663. The van der Waals surface area contributed by atoms with Crippen molar-refractivity contribution in [3.8, 4) is 5.75 Å². The van der Waals surface area contributed by atoms with Gasteiger partial charge < -0.3 is 9.47 Å². The van der Waals surface area contributed by atoms with Crippen molar-refractivity contribution in [1.82, 2.24) is 0 Å². The first-order valence-corrected chi connectivity index (χ1v) is 14.5. The Morgan fingerprint density at radius 1 is 0.784 bits per heavy atom. The van der Waals surface area contributed by atoms with Crippen LogP contribution in [0.25, 0.3) is 0 Å². The predicted molar refractivity (Wildman–Crippen MR) is 143 cm³/mol. The van der Waals surface area contributed by atoms with Gasteiger partial charge in [0.05, 0.1) is 12.7 Å². The summed E-state index contributed by atoms with van der Waals surface area (Å²) in [6, 6.07) is 8.82. The van der Waals surface area contributed by atoms with E-state index in [1.54, 1.807) is 6.07 Å². The van der Waals surface area contributed by atoms with Gasteiger partial charge in [-0.15, -0.1) is 0 Å². The summed E-state index contributed by atoms with van der Waals surface area (Å²) in [7, 11) is 0. The molecule has 2 fully saturated rings. The van der Waals surface area contributed by atoms with Crippen LogP contribution in [0.4, 0.5) is 13.2 Å². The molecule has 0 heterocycles.